The zero-order valence-electron chi connectivity index (χ0n) is 15.5. The molecule has 1 atom stereocenters. The standard InChI is InChI=1S/C20H19N5O4/c1-10-17(19(26)24-13-3-4-14(22)12(6-13)8-21)18(25-20(27)23-10)11-2-5-15-16(7-11)29-9-28-15/h2-8,18,21H,9,22H2,1H3,(H,24,26)(H2,23,25,27). The predicted molar refractivity (Wildman–Crippen MR) is 107 cm³/mol. The van der Waals surface area contributed by atoms with E-state index in [-0.39, 0.29) is 6.79 Å². The van der Waals surface area contributed by atoms with Gasteiger partial charge in [-0.2, -0.15) is 0 Å². The van der Waals surface area contributed by atoms with Gasteiger partial charge in [0.05, 0.1) is 11.6 Å². The highest BCUT2D eigenvalue weighted by Gasteiger charge is 2.32. The number of ether oxygens (including phenoxy) is 2. The molecule has 1 unspecified atom stereocenters. The number of hydrogen-bond donors (Lipinski definition) is 5. The molecule has 9 heteroatoms. The van der Waals surface area contributed by atoms with E-state index >= 15 is 0 Å². The lowest BCUT2D eigenvalue weighted by Gasteiger charge is -2.28. The average Bonchev–Trinajstić information content (AvgIpc) is 3.16. The summed E-state index contributed by atoms with van der Waals surface area (Å²) in [6, 6.07) is 9.08. The Kier molecular flexibility index (Phi) is 4.55. The van der Waals surface area contributed by atoms with Gasteiger partial charge in [0.1, 0.15) is 0 Å². The molecule has 0 radical (unpaired) electrons. The van der Waals surface area contributed by atoms with Crippen LogP contribution in [-0.2, 0) is 4.79 Å². The van der Waals surface area contributed by atoms with Crippen LogP contribution in [0.4, 0.5) is 16.2 Å². The van der Waals surface area contributed by atoms with E-state index < -0.39 is 18.0 Å². The highest BCUT2D eigenvalue weighted by Crippen LogP contribution is 2.37. The van der Waals surface area contributed by atoms with Gasteiger partial charge in [-0.1, -0.05) is 6.07 Å². The summed E-state index contributed by atoms with van der Waals surface area (Å²) in [5.41, 5.74) is 8.72. The molecule has 0 saturated carbocycles. The Morgan fingerprint density at radius 2 is 2.03 bits per heavy atom. The number of amides is 3. The Bertz CT molecular complexity index is 1060. The number of rotatable bonds is 4. The van der Waals surface area contributed by atoms with Crippen LogP contribution in [-0.4, -0.2) is 24.9 Å². The van der Waals surface area contributed by atoms with Gasteiger partial charge in [0.25, 0.3) is 5.91 Å². The van der Waals surface area contributed by atoms with Gasteiger partial charge in [-0.3, -0.25) is 4.79 Å². The fourth-order valence-corrected chi connectivity index (χ4v) is 3.31. The lowest BCUT2D eigenvalue weighted by molar-refractivity contribution is -0.113. The number of allylic oxidation sites excluding steroid dienone is 1. The van der Waals surface area contributed by atoms with Crippen LogP contribution in [0.1, 0.15) is 24.1 Å². The highest BCUT2D eigenvalue weighted by atomic mass is 16.7. The molecule has 0 fully saturated rings. The summed E-state index contributed by atoms with van der Waals surface area (Å²) < 4.78 is 10.7. The number of nitrogens with two attached hydrogens (primary N) is 1. The lowest BCUT2D eigenvalue weighted by atomic mass is 9.94. The van der Waals surface area contributed by atoms with Crippen molar-refractivity contribution < 1.29 is 19.1 Å². The molecule has 9 nitrogen and oxygen atoms in total. The van der Waals surface area contributed by atoms with E-state index in [9.17, 15) is 9.59 Å². The second-order valence-corrected chi connectivity index (χ2v) is 6.63. The SMILES string of the molecule is CC1=C(C(=O)Nc2ccc(N)c(C=N)c2)C(c2ccc3c(c2)OCO3)NC(=O)N1. The summed E-state index contributed by atoms with van der Waals surface area (Å²) in [5, 5.41) is 15.6. The quantitative estimate of drug-likeness (QED) is 0.401. The molecule has 3 amide bonds. The number of urea groups is 1. The molecule has 2 aliphatic rings. The monoisotopic (exact) mass is 393 g/mol. The number of nitrogen functional groups attached to an aromatic ring is 1. The number of benzene rings is 2. The van der Waals surface area contributed by atoms with Crippen LogP contribution in [0, 0.1) is 5.41 Å². The van der Waals surface area contributed by atoms with Crippen LogP contribution in [0.5, 0.6) is 11.5 Å². The number of fused-ring (bicyclic) bond motifs is 1. The first-order valence-corrected chi connectivity index (χ1v) is 8.85. The van der Waals surface area contributed by atoms with Crippen LogP contribution in [0.3, 0.4) is 0 Å². The van der Waals surface area contributed by atoms with Crippen LogP contribution >= 0.6 is 0 Å². The first-order chi connectivity index (χ1) is 14.0. The zero-order chi connectivity index (χ0) is 20.5. The van der Waals surface area contributed by atoms with Gasteiger partial charge in [-0.25, -0.2) is 4.79 Å². The van der Waals surface area contributed by atoms with Crippen molar-refractivity contribution in [3.8, 4) is 11.5 Å². The Hall–Kier alpha value is -4.01. The van der Waals surface area contributed by atoms with E-state index in [0.29, 0.717) is 45.3 Å². The molecular formula is C20H19N5O4. The summed E-state index contributed by atoms with van der Waals surface area (Å²) in [5.74, 6) is 0.780. The van der Waals surface area contributed by atoms with Gasteiger partial charge in [0, 0.05) is 28.8 Å². The number of anilines is 2. The molecule has 2 aliphatic heterocycles. The maximum atomic E-state index is 13.1. The van der Waals surface area contributed by atoms with Crippen LogP contribution in [0.25, 0.3) is 0 Å². The first kappa shape index (κ1) is 18.4. The largest absolute Gasteiger partial charge is 0.454 e. The van der Waals surface area contributed by atoms with Crippen molar-refractivity contribution in [3.05, 3.63) is 58.8 Å². The van der Waals surface area contributed by atoms with E-state index in [1.807, 2.05) is 0 Å². The summed E-state index contributed by atoms with van der Waals surface area (Å²) in [6.07, 6.45) is 1.12. The average molecular weight is 393 g/mol. The van der Waals surface area contributed by atoms with E-state index in [4.69, 9.17) is 20.6 Å². The molecule has 2 heterocycles. The molecule has 4 rings (SSSR count). The second kappa shape index (κ2) is 7.19. The number of carbonyl (C=O) groups excluding carboxylic acids is 2. The molecule has 29 heavy (non-hydrogen) atoms. The van der Waals surface area contributed by atoms with Crippen molar-refractivity contribution in [2.45, 2.75) is 13.0 Å². The first-order valence-electron chi connectivity index (χ1n) is 8.85. The lowest BCUT2D eigenvalue weighted by Crippen LogP contribution is -2.45. The minimum absolute atomic E-state index is 0.131. The maximum absolute atomic E-state index is 13.1. The maximum Gasteiger partial charge on any atom is 0.319 e. The minimum Gasteiger partial charge on any atom is -0.454 e. The molecule has 0 bridgehead atoms. The molecular weight excluding hydrogens is 374 g/mol. The van der Waals surface area contributed by atoms with Gasteiger partial charge in [0.15, 0.2) is 11.5 Å². The molecule has 0 spiro atoms. The van der Waals surface area contributed by atoms with Crippen LogP contribution in [0.2, 0.25) is 0 Å². The fraction of sp³-hybridized carbons (Fsp3) is 0.150. The van der Waals surface area contributed by atoms with E-state index in [0.717, 1.165) is 6.21 Å². The van der Waals surface area contributed by atoms with Crippen molar-refractivity contribution >= 4 is 29.5 Å². The summed E-state index contributed by atoms with van der Waals surface area (Å²) >= 11 is 0. The minimum atomic E-state index is -0.672. The van der Waals surface area contributed by atoms with Crippen molar-refractivity contribution in [2.75, 3.05) is 17.8 Å². The Morgan fingerprint density at radius 3 is 2.83 bits per heavy atom. The topological polar surface area (TPSA) is 139 Å². The Labute approximate surface area is 166 Å². The van der Waals surface area contributed by atoms with Crippen molar-refractivity contribution in [2.24, 2.45) is 0 Å². The number of hydrogen-bond acceptors (Lipinski definition) is 6. The normalized spacial score (nSPS) is 17.4. The molecule has 148 valence electrons. The van der Waals surface area contributed by atoms with Gasteiger partial charge in [-0.15, -0.1) is 0 Å². The zero-order valence-corrected chi connectivity index (χ0v) is 15.5. The van der Waals surface area contributed by atoms with Gasteiger partial charge < -0.3 is 36.6 Å². The van der Waals surface area contributed by atoms with Crippen LogP contribution in [0.15, 0.2) is 47.7 Å². The third-order valence-electron chi connectivity index (χ3n) is 4.74. The second-order valence-electron chi connectivity index (χ2n) is 6.63. The van der Waals surface area contributed by atoms with Gasteiger partial charge in [0.2, 0.25) is 6.79 Å². The summed E-state index contributed by atoms with van der Waals surface area (Å²) in [4.78, 5) is 25.1. The third-order valence-corrected chi connectivity index (χ3v) is 4.74. The van der Waals surface area contributed by atoms with E-state index in [1.165, 1.54) is 0 Å². The number of carbonyl (C=O) groups is 2. The van der Waals surface area contributed by atoms with Gasteiger partial charge >= 0.3 is 6.03 Å². The Morgan fingerprint density at radius 1 is 1.24 bits per heavy atom. The summed E-state index contributed by atoms with van der Waals surface area (Å²) in [6.45, 7) is 1.80. The third kappa shape index (κ3) is 3.45. The molecule has 2 aromatic carbocycles. The van der Waals surface area contributed by atoms with E-state index in [2.05, 4.69) is 16.0 Å². The molecule has 0 aromatic heterocycles. The smallest absolute Gasteiger partial charge is 0.319 e. The molecule has 6 N–H and O–H groups in total. The van der Waals surface area contributed by atoms with Crippen molar-refractivity contribution in [1.29, 1.82) is 5.41 Å². The van der Waals surface area contributed by atoms with Crippen molar-refractivity contribution in [1.82, 2.24) is 10.6 Å². The fourth-order valence-electron chi connectivity index (χ4n) is 3.31. The highest BCUT2D eigenvalue weighted by molar-refractivity contribution is 6.07. The number of nitrogens with one attached hydrogen (secondary N) is 4. The van der Waals surface area contributed by atoms with Crippen molar-refractivity contribution in [3.63, 3.8) is 0 Å². The molecule has 0 saturated heterocycles. The Balaban J connectivity index is 1.67. The van der Waals surface area contributed by atoms with E-state index in [1.54, 1.807) is 43.3 Å². The molecule has 0 aliphatic carbocycles. The predicted octanol–water partition coefficient (Wildman–Crippen LogP) is 2.26. The summed E-state index contributed by atoms with van der Waals surface area (Å²) in [7, 11) is 0. The molecule has 2 aromatic rings. The van der Waals surface area contributed by atoms with Gasteiger partial charge in [-0.05, 0) is 42.8 Å². The van der Waals surface area contributed by atoms with Crippen LogP contribution < -0.4 is 31.2 Å².